The minimum absolute atomic E-state index is 0.0360. The topological polar surface area (TPSA) is 322 Å². The summed E-state index contributed by atoms with van der Waals surface area (Å²) in [6.07, 6.45) is 7.92. The number of nitrogens with zero attached hydrogens (tertiary/aromatic N) is 8. The number of amides is 8. The lowest BCUT2D eigenvalue weighted by molar-refractivity contribution is -0.121. The Morgan fingerprint density at radius 3 is 1.55 bits per heavy atom. The molecule has 64 heavy (non-hydrogen) atoms. The van der Waals surface area contributed by atoms with Gasteiger partial charge in [-0.1, -0.05) is 6.92 Å². The Balaban J connectivity index is 1.03. The molecule has 0 aliphatic heterocycles. The number of hydrogen-bond donors (Lipinski definition) is 9. The van der Waals surface area contributed by atoms with Crippen LogP contribution in [0.25, 0.3) is 0 Å². The van der Waals surface area contributed by atoms with Gasteiger partial charge in [0.05, 0.1) is 11.4 Å². The number of anilines is 6. The predicted octanol–water partition coefficient (Wildman–Crippen LogP) is 0.413. The molecule has 0 aromatic carbocycles. The highest BCUT2D eigenvalue weighted by Crippen LogP contribution is 2.20. The quantitative estimate of drug-likeness (QED) is 0.0514. The first-order chi connectivity index (χ1) is 30.4. The smallest absolute Gasteiger partial charge is 0.291 e. The number of aromatic nitrogens is 8. The van der Waals surface area contributed by atoms with Gasteiger partial charge in [0.2, 0.25) is 41.1 Å². The zero-order chi connectivity index (χ0) is 46.7. The van der Waals surface area contributed by atoms with Crippen LogP contribution in [0, 0.1) is 0 Å². The summed E-state index contributed by atoms with van der Waals surface area (Å²) in [7, 11) is 8.04. The van der Waals surface area contributed by atoms with Crippen LogP contribution in [0.1, 0.15) is 81.4 Å². The number of rotatable bonds is 20. The minimum Gasteiger partial charge on any atom is -0.382 e. The molecule has 8 amide bonds. The van der Waals surface area contributed by atoms with Crippen molar-refractivity contribution in [3.8, 4) is 0 Å². The SMILES string of the molecule is CCCNC(=O)CCNC(=O)c1nc(NC(=O)CCNC(=O)c2cc(NC(=O)c3nc(NC(=O)CCC(=O)Nc4cc(NC(=O)c5nc(N)cn5C)cn4C)cn3C)cn2C)cn1C. The van der Waals surface area contributed by atoms with Crippen LogP contribution in [0.3, 0.4) is 0 Å². The first kappa shape index (κ1) is 46.8. The highest BCUT2D eigenvalue weighted by Gasteiger charge is 2.21. The number of nitrogens with two attached hydrogens (primary N) is 1. The first-order valence-corrected chi connectivity index (χ1v) is 19.9. The Morgan fingerprint density at radius 2 is 0.969 bits per heavy atom. The maximum Gasteiger partial charge on any atom is 0.291 e. The van der Waals surface area contributed by atoms with E-state index in [2.05, 4.69) is 57.5 Å². The molecule has 5 aromatic rings. The summed E-state index contributed by atoms with van der Waals surface area (Å²) in [6.45, 7) is 2.57. The summed E-state index contributed by atoms with van der Waals surface area (Å²) in [5.41, 5.74) is 6.51. The van der Waals surface area contributed by atoms with Gasteiger partial charge in [0.25, 0.3) is 23.6 Å². The Hall–Kier alpha value is -8.25. The van der Waals surface area contributed by atoms with E-state index in [4.69, 9.17) is 5.73 Å². The molecule has 5 rings (SSSR count). The average molecular weight is 886 g/mol. The van der Waals surface area contributed by atoms with Crippen molar-refractivity contribution >= 4 is 81.9 Å². The lowest BCUT2D eigenvalue weighted by Gasteiger charge is -2.06. The summed E-state index contributed by atoms with van der Waals surface area (Å²) in [5, 5.41) is 21.2. The molecule has 0 bridgehead atoms. The minimum atomic E-state index is -0.635. The highest BCUT2D eigenvalue weighted by molar-refractivity contribution is 6.05. The number of aryl methyl sites for hydroxylation is 5. The lowest BCUT2D eigenvalue weighted by Crippen LogP contribution is -2.32. The van der Waals surface area contributed by atoms with Crippen molar-refractivity contribution in [3.05, 3.63) is 66.3 Å². The fourth-order valence-electron chi connectivity index (χ4n) is 6.11. The van der Waals surface area contributed by atoms with Crippen molar-refractivity contribution in [1.29, 1.82) is 0 Å². The summed E-state index contributed by atoms with van der Waals surface area (Å²) in [4.78, 5) is 113. The van der Waals surface area contributed by atoms with Crippen LogP contribution in [0.4, 0.5) is 34.6 Å². The molecule has 25 nitrogen and oxygen atoms in total. The highest BCUT2D eigenvalue weighted by atomic mass is 16.2. The van der Waals surface area contributed by atoms with Gasteiger partial charge in [-0.25, -0.2) is 15.0 Å². The molecule has 0 radical (unpaired) electrons. The molecular weight excluding hydrogens is 835 g/mol. The van der Waals surface area contributed by atoms with Crippen LogP contribution < -0.4 is 48.3 Å². The third-order valence-corrected chi connectivity index (χ3v) is 9.24. The number of imidazole rings is 3. The summed E-state index contributed by atoms with van der Waals surface area (Å²) in [6, 6.07) is 2.99. The van der Waals surface area contributed by atoms with Gasteiger partial charge in [0.15, 0.2) is 11.6 Å². The normalized spacial score (nSPS) is 10.8. The van der Waals surface area contributed by atoms with E-state index >= 15 is 0 Å². The van der Waals surface area contributed by atoms with Gasteiger partial charge in [0.1, 0.15) is 17.3 Å². The molecule has 5 aromatic heterocycles. The third kappa shape index (κ3) is 12.6. The molecule has 340 valence electrons. The Labute approximate surface area is 365 Å². The van der Waals surface area contributed by atoms with E-state index in [0.29, 0.717) is 18.1 Å². The van der Waals surface area contributed by atoms with Crippen molar-refractivity contribution in [2.75, 3.05) is 52.0 Å². The van der Waals surface area contributed by atoms with Gasteiger partial charge in [-0.2, -0.15) is 0 Å². The van der Waals surface area contributed by atoms with Crippen molar-refractivity contribution in [2.45, 2.75) is 39.0 Å². The van der Waals surface area contributed by atoms with Crippen LogP contribution in [-0.2, 0) is 54.4 Å². The molecular formula is C39H51N17O8. The Kier molecular flexibility index (Phi) is 15.4. The second kappa shape index (κ2) is 21.0. The van der Waals surface area contributed by atoms with Crippen LogP contribution in [0.5, 0.6) is 0 Å². The molecule has 0 atom stereocenters. The van der Waals surface area contributed by atoms with Gasteiger partial charge in [-0.05, 0) is 12.5 Å². The van der Waals surface area contributed by atoms with Gasteiger partial charge < -0.3 is 71.1 Å². The van der Waals surface area contributed by atoms with Crippen LogP contribution in [0.15, 0.2) is 43.1 Å². The molecule has 0 aliphatic rings. The maximum atomic E-state index is 13.2. The maximum absolute atomic E-state index is 13.2. The molecule has 0 aliphatic carbocycles. The summed E-state index contributed by atoms with van der Waals surface area (Å²) >= 11 is 0. The van der Waals surface area contributed by atoms with Gasteiger partial charge >= 0.3 is 0 Å². The van der Waals surface area contributed by atoms with E-state index in [1.165, 1.54) is 49.1 Å². The van der Waals surface area contributed by atoms with Crippen LogP contribution in [-0.4, -0.2) is 105 Å². The van der Waals surface area contributed by atoms with Crippen LogP contribution in [0.2, 0.25) is 0 Å². The molecule has 0 spiro atoms. The Morgan fingerprint density at radius 1 is 0.484 bits per heavy atom. The third-order valence-electron chi connectivity index (χ3n) is 9.24. The second-order valence-electron chi connectivity index (χ2n) is 14.6. The second-order valence-corrected chi connectivity index (χ2v) is 14.6. The van der Waals surface area contributed by atoms with E-state index in [1.807, 2.05) is 6.92 Å². The van der Waals surface area contributed by atoms with E-state index in [-0.39, 0.29) is 91.0 Å². The van der Waals surface area contributed by atoms with Crippen LogP contribution >= 0.6 is 0 Å². The van der Waals surface area contributed by atoms with Crippen molar-refractivity contribution < 1.29 is 38.4 Å². The largest absolute Gasteiger partial charge is 0.382 e. The molecule has 5 heterocycles. The van der Waals surface area contributed by atoms with Gasteiger partial charge in [0, 0.05) is 118 Å². The fourth-order valence-corrected chi connectivity index (χ4v) is 6.11. The van der Waals surface area contributed by atoms with Gasteiger partial charge in [-0.15, -0.1) is 0 Å². The number of hydrogen-bond acceptors (Lipinski definition) is 12. The zero-order valence-electron chi connectivity index (χ0n) is 36.1. The average Bonchev–Trinajstić information content (AvgIpc) is 4.04. The summed E-state index contributed by atoms with van der Waals surface area (Å²) < 4.78 is 7.39. The molecule has 0 fully saturated rings. The monoisotopic (exact) mass is 885 g/mol. The first-order valence-electron chi connectivity index (χ1n) is 19.9. The van der Waals surface area contributed by atoms with E-state index in [0.717, 1.165) is 6.42 Å². The van der Waals surface area contributed by atoms with E-state index < -0.39 is 41.4 Å². The van der Waals surface area contributed by atoms with Crippen molar-refractivity contribution in [1.82, 2.24) is 53.7 Å². The number of carbonyl (C=O) groups excluding carboxylic acids is 8. The Bertz CT molecular complexity index is 2570. The van der Waals surface area contributed by atoms with Gasteiger partial charge in [-0.3, -0.25) is 38.4 Å². The number of nitrogens with one attached hydrogen (secondary N) is 8. The standard InChI is InChI=1S/C39H51N17O8/c1-7-12-41-29(57)10-13-43-37(62)33-49-27(20-55(33)5)48-32(60)11-14-42-36(61)24-15-22(17-52(24)2)44-39(64)35-50-26(21-56(35)6)47-30(58)8-9-31(59)51-28-16-23(18-53(28)3)45-38(63)34-46-25(40)19-54(34)4/h15-21H,7-14,40H2,1-6H3,(H,41,57)(H,42,61)(H,43,62)(H,44,64)(H,45,63)(H,47,58)(H,48,60)(H,51,59). The predicted molar refractivity (Wildman–Crippen MR) is 233 cm³/mol. The molecule has 25 heteroatoms. The molecule has 0 unspecified atom stereocenters. The lowest BCUT2D eigenvalue weighted by atomic mass is 10.3. The number of carbonyl (C=O) groups is 8. The fraction of sp³-hybridized carbons (Fsp3) is 0.359. The zero-order valence-corrected chi connectivity index (χ0v) is 36.1. The van der Waals surface area contributed by atoms with Crippen molar-refractivity contribution in [2.24, 2.45) is 35.2 Å². The number of nitrogen functional groups attached to an aromatic ring is 1. The van der Waals surface area contributed by atoms with E-state index in [1.54, 1.807) is 52.1 Å². The molecule has 10 N–H and O–H groups in total. The van der Waals surface area contributed by atoms with Crippen molar-refractivity contribution in [3.63, 3.8) is 0 Å². The van der Waals surface area contributed by atoms with E-state index in [9.17, 15) is 38.4 Å². The molecule has 0 saturated carbocycles. The summed E-state index contributed by atoms with van der Waals surface area (Å²) in [5.74, 6) is -2.93. The molecule has 0 saturated heterocycles.